The summed E-state index contributed by atoms with van der Waals surface area (Å²) in [6.07, 6.45) is 10.3. The summed E-state index contributed by atoms with van der Waals surface area (Å²) in [6, 6.07) is 0. The number of allylic oxidation sites excluding steroid dienone is 2. The second-order valence-corrected chi connectivity index (χ2v) is 21.6. The normalized spacial score (nSPS) is 19.9. The van der Waals surface area contributed by atoms with Crippen LogP contribution in [-0.2, 0) is 19.1 Å². The maximum absolute atomic E-state index is 12.7. The molecule has 1 aliphatic carbocycles. The summed E-state index contributed by atoms with van der Waals surface area (Å²) in [5, 5.41) is 0. The first-order valence-corrected chi connectivity index (χ1v) is 19.1. The number of rotatable bonds is 13. The van der Waals surface area contributed by atoms with Crippen LogP contribution in [-0.4, -0.2) is 44.5 Å². The van der Waals surface area contributed by atoms with Gasteiger partial charge in [-0.1, -0.05) is 0 Å². The van der Waals surface area contributed by atoms with E-state index >= 15 is 0 Å². The van der Waals surface area contributed by atoms with E-state index in [9.17, 15) is 9.59 Å². The predicted octanol–water partition coefficient (Wildman–Crippen LogP) is 6.23. The number of esters is 2. The Hall–Kier alpha value is -0.781. The molecule has 29 heavy (non-hydrogen) atoms. The predicted molar refractivity (Wildman–Crippen MR) is 122 cm³/mol. The van der Waals surface area contributed by atoms with Gasteiger partial charge >= 0.3 is 183 Å². The second-order valence-electron chi connectivity index (χ2n) is 8.68. The summed E-state index contributed by atoms with van der Waals surface area (Å²) in [5.74, 6) is -0.902. The first-order valence-electron chi connectivity index (χ1n) is 11.4. The van der Waals surface area contributed by atoms with Crippen molar-refractivity contribution in [1.82, 2.24) is 0 Å². The molecule has 1 aliphatic rings. The Morgan fingerprint density at radius 1 is 1.00 bits per heavy atom. The number of hydrogen-bond donors (Lipinski definition) is 0. The fourth-order valence-corrected chi connectivity index (χ4v) is 20.4. The molecule has 0 N–H and O–H groups in total. The summed E-state index contributed by atoms with van der Waals surface area (Å²) < 4.78 is 16.8. The molecule has 1 fully saturated rings. The average Bonchev–Trinajstić information content (AvgIpc) is 3.12. The van der Waals surface area contributed by atoms with E-state index in [4.69, 9.17) is 9.47 Å². The third-order valence-electron chi connectivity index (χ3n) is 6.56. The van der Waals surface area contributed by atoms with E-state index in [0.717, 1.165) is 0 Å². The van der Waals surface area contributed by atoms with E-state index in [1.807, 2.05) is 6.08 Å². The van der Waals surface area contributed by atoms with Gasteiger partial charge in [-0.15, -0.1) is 0 Å². The topological polar surface area (TPSA) is 52.6 Å². The van der Waals surface area contributed by atoms with Crippen molar-refractivity contribution in [2.24, 2.45) is 11.3 Å². The van der Waals surface area contributed by atoms with Gasteiger partial charge in [0.05, 0.1) is 0 Å². The summed E-state index contributed by atoms with van der Waals surface area (Å²) in [5.41, 5.74) is 0.0291. The Morgan fingerprint density at radius 3 is 1.79 bits per heavy atom. The van der Waals surface area contributed by atoms with Gasteiger partial charge in [-0.2, -0.15) is 0 Å². The minimum atomic E-state index is -2.56. The molecule has 0 aromatic rings. The van der Waals surface area contributed by atoms with Gasteiger partial charge in [0.25, 0.3) is 0 Å². The van der Waals surface area contributed by atoms with Crippen LogP contribution in [0.25, 0.3) is 0 Å². The molecule has 0 radical (unpaired) electrons. The molecule has 0 heterocycles. The summed E-state index contributed by atoms with van der Waals surface area (Å²) in [4.78, 5) is 25.3. The number of methoxy groups -OCH3 is 2. The number of carbonyl (C=O) groups excluding carboxylic acids is 2. The second kappa shape index (κ2) is 12.8. The number of hydrogen-bond acceptors (Lipinski definition) is 4. The summed E-state index contributed by atoms with van der Waals surface area (Å²) in [7, 11) is 2.70. The molecule has 166 valence electrons. The number of ether oxygens (including phenoxy) is 2. The molecule has 0 aliphatic heterocycles. The van der Waals surface area contributed by atoms with E-state index in [2.05, 4.69) is 31.4 Å². The molecule has 0 saturated heterocycles. The quantitative estimate of drug-likeness (QED) is 0.127. The van der Waals surface area contributed by atoms with Crippen molar-refractivity contribution in [3.63, 3.8) is 0 Å². The zero-order chi connectivity index (χ0) is 21.9. The fraction of sp³-hybridized carbons (Fsp3) is 0.750. The zero-order valence-corrected chi connectivity index (χ0v) is 22.2. The Morgan fingerprint density at radius 2 is 1.45 bits per heavy atom. The number of unbranched alkanes of at least 4 members (excludes halogenated alkanes) is 3. The van der Waals surface area contributed by atoms with Crippen LogP contribution in [0.1, 0.15) is 72.1 Å². The van der Waals surface area contributed by atoms with Gasteiger partial charge in [0, 0.05) is 0 Å². The molecular formula is C24H42O4Sn. The van der Waals surface area contributed by atoms with Crippen molar-refractivity contribution in [3.05, 3.63) is 22.3 Å². The van der Waals surface area contributed by atoms with Crippen LogP contribution < -0.4 is 0 Å². The monoisotopic (exact) mass is 514 g/mol. The molecule has 5 heteroatoms. The van der Waals surface area contributed by atoms with Crippen molar-refractivity contribution in [3.8, 4) is 0 Å². The Balaban J connectivity index is 3.40. The molecule has 0 spiro atoms. The van der Waals surface area contributed by atoms with Crippen LogP contribution in [0.4, 0.5) is 0 Å². The van der Waals surface area contributed by atoms with Gasteiger partial charge in [0.2, 0.25) is 0 Å². The molecule has 0 aromatic carbocycles. The molecule has 0 bridgehead atoms. The standard InChI is InChI=1S/C12H15O4.3C4H9.Sn/c1-5-9-7-12(6-8(9)2,10(13)15-3)11(14)16-4;3*1-3-4-2;/h2,5,9H,1,6-7H2,3-4H3;3*1,3-4H2,2H3;. The first kappa shape index (κ1) is 26.3. The van der Waals surface area contributed by atoms with Crippen molar-refractivity contribution in [2.75, 3.05) is 14.2 Å². The van der Waals surface area contributed by atoms with E-state index < -0.39 is 35.7 Å². The SMILES string of the molecule is C=CC1CC(C(=O)OC)(C(=O)OC)C/C1=[CH]\[Sn]([CH2]CCC)([CH2]CCC)[CH2]CCC. The summed E-state index contributed by atoms with van der Waals surface area (Å²) in [6.45, 7) is 10.8. The van der Waals surface area contributed by atoms with Crippen molar-refractivity contribution < 1.29 is 19.1 Å². The van der Waals surface area contributed by atoms with Crippen molar-refractivity contribution >= 4 is 30.3 Å². The molecular weight excluding hydrogens is 471 g/mol. The molecule has 4 nitrogen and oxygen atoms in total. The summed E-state index contributed by atoms with van der Waals surface area (Å²) >= 11 is -2.56. The van der Waals surface area contributed by atoms with Crippen LogP contribution in [0, 0.1) is 11.3 Å². The van der Waals surface area contributed by atoms with Crippen LogP contribution in [0.2, 0.25) is 13.3 Å². The van der Waals surface area contributed by atoms with Crippen molar-refractivity contribution in [2.45, 2.75) is 85.4 Å². The van der Waals surface area contributed by atoms with Crippen LogP contribution in [0.3, 0.4) is 0 Å². The van der Waals surface area contributed by atoms with E-state index in [1.54, 1.807) is 0 Å². The van der Waals surface area contributed by atoms with E-state index in [1.165, 1.54) is 71.6 Å². The van der Waals surface area contributed by atoms with Crippen LogP contribution >= 0.6 is 0 Å². The third-order valence-corrected chi connectivity index (χ3v) is 20.9. The van der Waals surface area contributed by atoms with Crippen LogP contribution in [0.5, 0.6) is 0 Å². The Bertz CT molecular complexity index is 544. The average molecular weight is 513 g/mol. The Kier molecular flexibility index (Phi) is 11.6. The fourth-order valence-electron chi connectivity index (χ4n) is 4.81. The molecule has 0 aromatic heterocycles. The molecule has 1 saturated carbocycles. The third kappa shape index (κ3) is 6.60. The van der Waals surface area contributed by atoms with Gasteiger partial charge in [-0.05, 0) is 0 Å². The maximum atomic E-state index is 12.7. The Labute approximate surface area is 182 Å². The van der Waals surface area contributed by atoms with Gasteiger partial charge < -0.3 is 0 Å². The molecule has 1 atom stereocenters. The molecule has 1 rings (SSSR count). The molecule has 0 amide bonds. The number of carbonyl (C=O) groups is 2. The van der Waals surface area contributed by atoms with Gasteiger partial charge in [-0.3, -0.25) is 0 Å². The van der Waals surface area contributed by atoms with Crippen LogP contribution in [0.15, 0.2) is 22.3 Å². The van der Waals surface area contributed by atoms with Gasteiger partial charge in [0.1, 0.15) is 0 Å². The van der Waals surface area contributed by atoms with Gasteiger partial charge in [-0.25, -0.2) is 0 Å². The molecule has 1 unspecified atom stereocenters. The van der Waals surface area contributed by atoms with Crippen molar-refractivity contribution in [1.29, 1.82) is 0 Å². The zero-order valence-electron chi connectivity index (χ0n) is 19.4. The van der Waals surface area contributed by atoms with E-state index in [-0.39, 0.29) is 5.92 Å². The first-order chi connectivity index (χ1) is 13.9. The van der Waals surface area contributed by atoms with E-state index in [0.29, 0.717) is 12.8 Å². The van der Waals surface area contributed by atoms with Gasteiger partial charge in [0.15, 0.2) is 0 Å². The minimum absolute atomic E-state index is 0.0501.